The number of likely N-dealkylation sites (N-methyl/N-ethyl adjacent to an activating group) is 1. The smallest absolute Gasteiger partial charge is 0.475 e. The predicted molar refractivity (Wildman–Crippen MR) is 103 cm³/mol. The van der Waals surface area contributed by atoms with E-state index >= 15 is 0 Å². The number of carboxylic acid groups (broad SMARTS) is 1. The van der Waals surface area contributed by atoms with Crippen LogP contribution in [0.25, 0.3) is 0 Å². The van der Waals surface area contributed by atoms with Gasteiger partial charge in [0.2, 0.25) is 5.91 Å². The van der Waals surface area contributed by atoms with Crippen molar-refractivity contribution in [1.82, 2.24) is 19.4 Å². The predicted octanol–water partition coefficient (Wildman–Crippen LogP) is 2.75. The Labute approximate surface area is 173 Å². The molecule has 3 aliphatic rings. The Bertz CT molecular complexity index is 791. The van der Waals surface area contributed by atoms with Gasteiger partial charge < -0.3 is 19.5 Å². The van der Waals surface area contributed by atoms with Crippen LogP contribution in [0.4, 0.5) is 13.2 Å². The largest absolute Gasteiger partial charge is 0.490 e. The minimum absolute atomic E-state index is 0.236. The van der Waals surface area contributed by atoms with Crippen molar-refractivity contribution in [2.75, 3.05) is 33.2 Å². The van der Waals surface area contributed by atoms with Gasteiger partial charge in [-0.1, -0.05) is 0 Å². The molecule has 1 aromatic rings. The topological polar surface area (TPSA) is 78.7 Å². The number of amides is 1. The molecule has 30 heavy (non-hydrogen) atoms. The Balaban J connectivity index is 0.000000318. The molecule has 2 aliphatic heterocycles. The molecule has 3 heterocycles. The first kappa shape index (κ1) is 22.6. The Hall–Kier alpha value is -2.10. The van der Waals surface area contributed by atoms with Crippen molar-refractivity contribution in [1.29, 1.82) is 0 Å². The molecule has 2 atom stereocenters. The Morgan fingerprint density at radius 2 is 2.00 bits per heavy atom. The van der Waals surface area contributed by atoms with Crippen LogP contribution in [0, 0.1) is 11.3 Å². The lowest BCUT2D eigenvalue weighted by Crippen LogP contribution is -2.40. The molecule has 1 saturated carbocycles. The highest BCUT2D eigenvalue weighted by molar-refractivity contribution is 5.86. The Kier molecular flexibility index (Phi) is 6.18. The lowest BCUT2D eigenvalue weighted by molar-refractivity contribution is -0.192. The summed E-state index contributed by atoms with van der Waals surface area (Å²) in [6, 6.07) is 0.414. The van der Waals surface area contributed by atoms with E-state index in [1.165, 1.54) is 12.8 Å². The number of likely N-dealkylation sites (tertiary alicyclic amines) is 2. The SMILES string of the molecule is CC(C)n1cnc(C2CN(C)CC23CCN(CC2CC2)C3=O)c1.O=C(O)C(F)(F)F. The van der Waals surface area contributed by atoms with Gasteiger partial charge in [0.15, 0.2) is 0 Å². The maximum Gasteiger partial charge on any atom is 0.490 e. The number of carbonyl (C=O) groups excluding carboxylic acids is 1. The van der Waals surface area contributed by atoms with Crippen LogP contribution in [0.2, 0.25) is 0 Å². The van der Waals surface area contributed by atoms with Crippen LogP contribution in [0.3, 0.4) is 0 Å². The molecule has 0 aromatic carbocycles. The molecular formula is C20H29F3N4O3. The van der Waals surface area contributed by atoms with Gasteiger partial charge in [0.05, 0.1) is 17.4 Å². The summed E-state index contributed by atoms with van der Waals surface area (Å²) in [6.45, 7) is 8.08. The number of hydrogen-bond donors (Lipinski definition) is 1. The number of rotatable bonds is 4. The van der Waals surface area contributed by atoms with Crippen molar-refractivity contribution in [2.24, 2.45) is 11.3 Å². The van der Waals surface area contributed by atoms with E-state index in [1.54, 1.807) is 0 Å². The molecule has 2 saturated heterocycles. The third kappa shape index (κ3) is 4.63. The first-order chi connectivity index (χ1) is 13.9. The number of aromatic nitrogens is 2. The van der Waals surface area contributed by atoms with E-state index in [0.717, 1.165) is 44.2 Å². The molecule has 2 unspecified atom stereocenters. The van der Waals surface area contributed by atoms with Crippen LogP contribution in [0.1, 0.15) is 50.8 Å². The maximum absolute atomic E-state index is 13.2. The molecule has 1 aliphatic carbocycles. The Morgan fingerprint density at radius 3 is 2.50 bits per heavy atom. The molecule has 1 N–H and O–H groups in total. The monoisotopic (exact) mass is 430 g/mol. The molecule has 1 amide bonds. The zero-order valence-electron chi connectivity index (χ0n) is 17.5. The summed E-state index contributed by atoms with van der Waals surface area (Å²) >= 11 is 0. The van der Waals surface area contributed by atoms with Gasteiger partial charge in [-0.3, -0.25) is 4.79 Å². The van der Waals surface area contributed by atoms with Crippen LogP contribution in [0.15, 0.2) is 12.5 Å². The van der Waals surface area contributed by atoms with E-state index in [4.69, 9.17) is 9.90 Å². The Morgan fingerprint density at radius 1 is 1.37 bits per heavy atom. The number of carbonyl (C=O) groups is 2. The second kappa shape index (κ2) is 8.20. The quantitative estimate of drug-likeness (QED) is 0.795. The van der Waals surface area contributed by atoms with Gasteiger partial charge in [-0.05, 0) is 46.1 Å². The first-order valence-corrected chi connectivity index (χ1v) is 10.3. The van der Waals surface area contributed by atoms with E-state index < -0.39 is 12.1 Å². The van der Waals surface area contributed by atoms with Gasteiger partial charge in [0.25, 0.3) is 0 Å². The highest BCUT2D eigenvalue weighted by Crippen LogP contribution is 2.49. The number of halogens is 3. The lowest BCUT2D eigenvalue weighted by Gasteiger charge is -2.28. The number of imidazole rings is 1. The fourth-order valence-corrected chi connectivity index (χ4v) is 4.45. The lowest BCUT2D eigenvalue weighted by atomic mass is 9.75. The number of hydrogen-bond acceptors (Lipinski definition) is 4. The zero-order valence-corrected chi connectivity index (χ0v) is 17.5. The molecule has 10 heteroatoms. The fourth-order valence-electron chi connectivity index (χ4n) is 4.45. The number of carboxylic acids is 1. The fraction of sp³-hybridized carbons (Fsp3) is 0.750. The summed E-state index contributed by atoms with van der Waals surface area (Å²) in [7, 11) is 2.14. The van der Waals surface area contributed by atoms with Crippen molar-refractivity contribution in [3.05, 3.63) is 18.2 Å². The van der Waals surface area contributed by atoms with Crippen molar-refractivity contribution in [3.8, 4) is 0 Å². The van der Waals surface area contributed by atoms with Crippen LogP contribution < -0.4 is 0 Å². The molecule has 1 spiro atoms. The standard InChI is InChI=1S/C18H28N4O.C2HF3O2/c1-13(2)22-10-16(19-12-22)15-9-20(3)11-18(15)6-7-21(17(18)23)8-14-4-5-14;3-2(4,5)1(6)7/h10,12-15H,4-9,11H2,1-3H3;(H,6,7). The molecule has 3 fully saturated rings. The third-order valence-electron chi connectivity index (χ3n) is 6.25. The van der Waals surface area contributed by atoms with E-state index in [9.17, 15) is 18.0 Å². The van der Waals surface area contributed by atoms with Gasteiger partial charge in [-0.25, -0.2) is 9.78 Å². The van der Waals surface area contributed by atoms with Gasteiger partial charge in [0, 0.05) is 44.3 Å². The summed E-state index contributed by atoms with van der Waals surface area (Å²) < 4.78 is 33.9. The van der Waals surface area contributed by atoms with Crippen molar-refractivity contribution < 1.29 is 27.9 Å². The zero-order chi connectivity index (χ0) is 22.3. The molecule has 168 valence electrons. The van der Waals surface area contributed by atoms with E-state index in [2.05, 4.69) is 46.4 Å². The van der Waals surface area contributed by atoms with Crippen molar-refractivity contribution in [3.63, 3.8) is 0 Å². The number of aliphatic carboxylic acids is 1. The minimum Gasteiger partial charge on any atom is -0.475 e. The van der Waals surface area contributed by atoms with E-state index in [0.29, 0.717) is 11.9 Å². The summed E-state index contributed by atoms with van der Waals surface area (Å²) in [5, 5.41) is 7.12. The second-order valence-electron chi connectivity index (χ2n) is 8.99. The number of alkyl halides is 3. The van der Waals surface area contributed by atoms with Gasteiger partial charge in [-0.15, -0.1) is 0 Å². The van der Waals surface area contributed by atoms with E-state index in [-0.39, 0.29) is 11.3 Å². The molecule has 7 nitrogen and oxygen atoms in total. The average molecular weight is 430 g/mol. The van der Waals surface area contributed by atoms with E-state index in [1.807, 2.05) is 6.33 Å². The molecule has 0 radical (unpaired) electrons. The molecule has 4 rings (SSSR count). The third-order valence-corrected chi connectivity index (χ3v) is 6.25. The van der Waals surface area contributed by atoms with Crippen molar-refractivity contribution >= 4 is 11.9 Å². The number of nitrogens with zero attached hydrogens (tertiary/aromatic N) is 4. The molecular weight excluding hydrogens is 401 g/mol. The van der Waals surface area contributed by atoms with Crippen LogP contribution >= 0.6 is 0 Å². The summed E-state index contributed by atoms with van der Waals surface area (Å²) in [6.07, 6.45) is 2.60. The summed E-state index contributed by atoms with van der Waals surface area (Å²) in [5.74, 6) is -1.36. The highest BCUT2D eigenvalue weighted by atomic mass is 19.4. The van der Waals surface area contributed by atoms with Crippen LogP contribution in [-0.4, -0.2) is 75.7 Å². The molecule has 0 bridgehead atoms. The van der Waals surface area contributed by atoms with Gasteiger partial charge >= 0.3 is 12.1 Å². The minimum atomic E-state index is -5.08. The molecule has 1 aromatic heterocycles. The van der Waals surface area contributed by atoms with Crippen LogP contribution in [0.5, 0.6) is 0 Å². The summed E-state index contributed by atoms with van der Waals surface area (Å²) in [5.41, 5.74) is 0.865. The normalized spacial score (nSPS) is 27.1. The highest BCUT2D eigenvalue weighted by Gasteiger charge is 2.57. The second-order valence-corrected chi connectivity index (χ2v) is 8.99. The van der Waals surface area contributed by atoms with Crippen molar-refractivity contribution in [2.45, 2.75) is 51.2 Å². The van der Waals surface area contributed by atoms with Crippen LogP contribution in [-0.2, 0) is 9.59 Å². The van der Waals surface area contributed by atoms with Gasteiger partial charge in [0.1, 0.15) is 0 Å². The first-order valence-electron chi connectivity index (χ1n) is 10.3. The maximum atomic E-state index is 13.2. The summed E-state index contributed by atoms with van der Waals surface area (Å²) in [4.78, 5) is 31.3. The average Bonchev–Trinajstić information content (AvgIpc) is 3.08. The van der Waals surface area contributed by atoms with Gasteiger partial charge in [-0.2, -0.15) is 13.2 Å².